The van der Waals surface area contributed by atoms with Crippen molar-refractivity contribution in [2.45, 2.75) is 63.5 Å². The van der Waals surface area contributed by atoms with Gasteiger partial charge in [0, 0.05) is 37.1 Å². The van der Waals surface area contributed by atoms with E-state index in [-0.39, 0.29) is 12.1 Å². The van der Waals surface area contributed by atoms with Crippen LogP contribution < -0.4 is 0 Å². The molecule has 34 heavy (non-hydrogen) atoms. The number of hydrogen-bond acceptors (Lipinski definition) is 4. The fraction of sp³-hybridized carbons (Fsp3) is 0.586. The van der Waals surface area contributed by atoms with E-state index in [1.807, 2.05) is 30.5 Å². The molecular weight excluding hydrogens is 422 g/mol. The number of pyridine rings is 1. The van der Waals surface area contributed by atoms with Crippen molar-refractivity contribution in [2.75, 3.05) is 39.3 Å². The monoisotopic (exact) mass is 462 g/mol. The summed E-state index contributed by atoms with van der Waals surface area (Å²) in [6.07, 6.45) is 9.98. The van der Waals surface area contributed by atoms with Gasteiger partial charge in [0.25, 0.3) is 0 Å². The van der Waals surface area contributed by atoms with E-state index in [9.17, 15) is 4.79 Å². The molecule has 6 rings (SSSR count). The number of nitrogens with zero attached hydrogens (tertiary/aromatic N) is 3. The fourth-order valence-corrected chi connectivity index (χ4v) is 6.60. The van der Waals surface area contributed by atoms with Crippen molar-refractivity contribution in [3.05, 3.63) is 66.0 Å². The molecule has 1 aromatic carbocycles. The Balaban J connectivity index is 1.28. The van der Waals surface area contributed by atoms with Gasteiger partial charge in [-0.1, -0.05) is 42.8 Å². The van der Waals surface area contributed by atoms with Crippen LogP contribution in [0.25, 0.3) is 0 Å². The minimum absolute atomic E-state index is 0.0395. The maximum Gasteiger partial charge on any atom is 0.331 e. The number of fused-ring (bicyclic) bond motifs is 3. The number of benzene rings is 1. The summed E-state index contributed by atoms with van der Waals surface area (Å²) >= 11 is 0. The first-order chi connectivity index (χ1) is 16.6. The van der Waals surface area contributed by atoms with Crippen LogP contribution in [0.2, 0.25) is 0 Å². The number of carbonyl (C=O) groups excluding carboxylic acids is 1. The van der Waals surface area contributed by atoms with Gasteiger partial charge in [-0.25, -0.2) is 4.79 Å². The predicted molar refractivity (Wildman–Crippen MR) is 134 cm³/mol. The van der Waals surface area contributed by atoms with Crippen molar-refractivity contribution >= 4 is 5.97 Å². The van der Waals surface area contributed by atoms with Gasteiger partial charge in [0.1, 0.15) is 12.1 Å². The number of likely N-dealkylation sites (tertiary alicyclic amines) is 1. The second-order valence-corrected chi connectivity index (χ2v) is 10.9. The van der Waals surface area contributed by atoms with Gasteiger partial charge in [-0.2, -0.15) is 0 Å². The lowest BCUT2D eigenvalue weighted by atomic mass is 9.82. The Hall–Kier alpha value is -2.24. The SMILES string of the molecule is C[C@@](C(=O)O[C@H]1C[N+]2(CCCc3ccccn3)CCC1CC2)(c1ccccc1)N1CCCCC1. The van der Waals surface area contributed by atoms with Gasteiger partial charge in [0.05, 0.1) is 19.6 Å². The van der Waals surface area contributed by atoms with E-state index in [1.165, 1.54) is 38.0 Å². The molecule has 2 aromatic rings. The van der Waals surface area contributed by atoms with Gasteiger partial charge < -0.3 is 9.22 Å². The van der Waals surface area contributed by atoms with Gasteiger partial charge in [0.15, 0.2) is 6.10 Å². The Morgan fingerprint density at radius 1 is 1.06 bits per heavy atom. The molecule has 4 fully saturated rings. The van der Waals surface area contributed by atoms with Gasteiger partial charge >= 0.3 is 5.97 Å². The highest BCUT2D eigenvalue weighted by atomic mass is 16.5. The van der Waals surface area contributed by atoms with Crippen LogP contribution in [0.4, 0.5) is 0 Å². The second kappa shape index (κ2) is 10.2. The highest BCUT2D eigenvalue weighted by molar-refractivity contribution is 5.82. The van der Waals surface area contributed by atoms with E-state index in [0.29, 0.717) is 5.92 Å². The quantitative estimate of drug-likeness (QED) is 0.426. The topological polar surface area (TPSA) is 42.4 Å². The smallest absolute Gasteiger partial charge is 0.331 e. The first-order valence-corrected chi connectivity index (χ1v) is 13.4. The van der Waals surface area contributed by atoms with Crippen molar-refractivity contribution in [3.8, 4) is 0 Å². The maximum absolute atomic E-state index is 13.9. The number of ether oxygens (including phenoxy) is 1. The zero-order valence-corrected chi connectivity index (χ0v) is 20.7. The van der Waals surface area contributed by atoms with Crippen LogP contribution in [0.15, 0.2) is 54.7 Å². The molecule has 0 N–H and O–H groups in total. The van der Waals surface area contributed by atoms with E-state index in [2.05, 4.69) is 41.1 Å². The van der Waals surface area contributed by atoms with Crippen LogP contribution in [0, 0.1) is 5.92 Å². The average Bonchev–Trinajstić information content (AvgIpc) is 2.90. The van der Waals surface area contributed by atoms with E-state index in [1.54, 1.807) is 0 Å². The lowest BCUT2D eigenvalue weighted by Gasteiger charge is -2.53. The van der Waals surface area contributed by atoms with Crippen molar-refractivity contribution in [3.63, 3.8) is 0 Å². The first-order valence-electron chi connectivity index (χ1n) is 13.4. The lowest BCUT2D eigenvalue weighted by Crippen LogP contribution is -2.65. The molecule has 1 aromatic heterocycles. The molecule has 4 saturated heterocycles. The van der Waals surface area contributed by atoms with E-state index in [0.717, 1.165) is 61.9 Å². The van der Waals surface area contributed by atoms with Crippen LogP contribution in [0.3, 0.4) is 0 Å². The Labute approximate surface area is 204 Å². The average molecular weight is 463 g/mol. The third kappa shape index (κ3) is 4.78. The summed E-state index contributed by atoms with van der Waals surface area (Å²) in [5, 5.41) is 0. The third-order valence-electron chi connectivity index (χ3n) is 8.81. The molecule has 182 valence electrons. The molecular formula is C29H40N3O2+. The molecule has 4 aliphatic rings. The summed E-state index contributed by atoms with van der Waals surface area (Å²) in [5.41, 5.74) is 1.52. The first kappa shape index (κ1) is 23.5. The molecule has 2 atom stereocenters. The van der Waals surface area contributed by atoms with Gasteiger partial charge in [-0.05, 0) is 57.0 Å². The normalized spacial score (nSPS) is 28.9. The number of carbonyl (C=O) groups is 1. The zero-order chi connectivity index (χ0) is 23.4. The fourth-order valence-electron chi connectivity index (χ4n) is 6.60. The summed E-state index contributed by atoms with van der Waals surface area (Å²) in [7, 11) is 0. The number of rotatable bonds is 8. The molecule has 0 amide bonds. The minimum Gasteiger partial charge on any atom is -0.454 e. The minimum atomic E-state index is -0.711. The highest BCUT2D eigenvalue weighted by Crippen LogP contribution is 2.39. The summed E-state index contributed by atoms with van der Waals surface area (Å²) in [4.78, 5) is 20.8. The van der Waals surface area contributed by atoms with Crippen LogP contribution in [-0.2, 0) is 21.5 Å². The molecule has 2 bridgehead atoms. The highest BCUT2D eigenvalue weighted by Gasteiger charge is 2.50. The lowest BCUT2D eigenvalue weighted by molar-refractivity contribution is -0.946. The largest absolute Gasteiger partial charge is 0.454 e. The molecule has 5 heteroatoms. The summed E-state index contributed by atoms with van der Waals surface area (Å²) in [6, 6.07) is 16.5. The number of quaternary nitrogens is 1. The van der Waals surface area contributed by atoms with Crippen LogP contribution in [0.1, 0.15) is 56.7 Å². The molecule has 5 nitrogen and oxygen atoms in total. The third-order valence-corrected chi connectivity index (χ3v) is 8.81. The predicted octanol–water partition coefficient (Wildman–Crippen LogP) is 4.57. The molecule has 5 heterocycles. The number of aryl methyl sites for hydroxylation is 1. The Morgan fingerprint density at radius 3 is 2.50 bits per heavy atom. The van der Waals surface area contributed by atoms with Crippen molar-refractivity contribution < 1.29 is 14.0 Å². The maximum atomic E-state index is 13.9. The Morgan fingerprint density at radius 2 is 1.79 bits per heavy atom. The van der Waals surface area contributed by atoms with E-state index < -0.39 is 5.54 Å². The zero-order valence-electron chi connectivity index (χ0n) is 20.7. The molecule has 0 unspecified atom stereocenters. The van der Waals surface area contributed by atoms with Gasteiger partial charge in [0.2, 0.25) is 0 Å². The summed E-state index contributed by atoms with van der Waals surface area (Å²) in [6.45, 7) is 8.59. The van der Waals surface area contributed by atoms with Crippen molar-refractivity contribution in [2.24, 2.45) is 5.92 Å². The van der Waals surface area contributed by atoms with Crippen molar-refractivity contribution in [1.29, 1.82) is 0 Å². The molecule has 0 spiro atoms. The van der Waals surface area contributed by atoms with E-state index in [4.69, 9.17) is 4.74 Å². The summed E-state index contributed by atoms with van der Waals surface area (Å²) < 4.78 is 7.58. The Kier molecular flexibility index (Phi) is 7.03. The van der Waals surface area contributed by atoms with Crippen LogP contribution in [0.5, 0.6) is 0 Å². The van der Waals surface area contributed by atoms with Gasteiger partial charge in [-0.15, -0.1) is 0 Å². The van der Waals surface area contributed by atoms with E-state index >= 15 is 0 Å². The van der Waals surface area contributed by atoms with Crippen molar-refractivity contribution in [1.82, 2.24) is 9.88 Å². The number of piperidine rings is 4. The van der Waals surface area contributed by atoms with Crippen LogP contribution >= 0.6 is 0 Å². The summed E-state index contributed by atoms with van der Waals surface area (Å²) in [5.74, 6) is 0.465. The molecule has 0 aliphatic carbocycles. The molecule has 0 saturated carbocycles. The standard InChI is InChI=1S/C29H40N3O2/c1-29(25-11-4-2-5-12-25,31-18-8-3-9-19-31)28(33)34-27-23-32(21-15-24(27)16-22-32)20-10-14-26-13-6-7-17-30-26/h2,4-7,11-13,17,24,27H,3,8-10,14-16,18-23H2,1H3/q+1/t24?,27-,29-,32?/m0/s1. The Bertz CT molecular complexity index is 936. The number of hydrogen-bond donors (Lipinski definition) is 0. The number of esters is 1. The second-order valence-electron chi connectivity index (χ2n) is 10.9. The molecule has 4 aliphatic heterocycles. The van der Waals surface area contributed by atoms with Crippen LogP contribution in [-0.4, -0.2) is 65.7 Å². The van der Waals surface area contributed by atoms with Gasteiger partial charge in [-0.3, -0.25) is 9.88 Å². The molecule has 0 radical (unpaired) electrons. The number of aromatic nitrogens is 1.